The maximum atomic E-state index is 12.9. The first kappa shape index (κ1) is 19.0. The second-order valence-corrected chi connectivity index (χ2v) is 6.11. The molecule has 0 saturated carbocycles. The average Bonchev–Trinajstić information content (AvgIpc) is 3.16. The molecular formula is C20H18N4O4. The fraction of sp³-hybridized carbons (Fsp3) is 0.150. The molecule has 28 heavy (non-hydrogen) atoms. The van der Waals surface area contributed by atoms with Gasteiger partial charge in [0.1, 0.15) is 6.54 Å². The van der Waals surface area contributed by atoms with E-state index < -0.39 is 4.92 Å². The van der Waals surface area contributed by atoms with E-state index in [0.717, 1.165) is 5.56 Å². The normalized spacial score (nSPS) is 10.5. The number of aryl methyl sites for hydroxylation is 1. The number of carbonyl (C=O) groups excluding carboxylic acids is 1. The van der Waals surface area contributed by atoms with E-state index in [1.165, 1.54) is 11.0 Å². The monoisotopic (exact) mass is 378 g/mol. The summed E-state index contributed by atoms with van der Waals surface area (Å²) in [4.78, 5) is 29.3. The number of nitro benzene ring substituents is 1. The molecule has 142 valence electrons. The lowest BCUT2D eigenvalue weighted by molar-refractivity contribution is -0.385. The Morgan fingerprint density at radius 3 is 2.71 bits per heavy atom. The Labute approximate surface area is 161 Å². The lowest BCUT2D eigenvalue weighted by atomic mass is 10.1. The third-order valence-electron chi connectivity index (χ3n) is 4.12. The summed E-state index contributed by atoms with van der Waals surface area (Å²) in [6.45, 7) is 5.57. The zero-order valence-corrected chi connectivity index (χ0v) is 15.2. The van der Waals surface area contributed by atoms with Crippen molar-refractivity contribution in [3.8, 4) is 11.4 Å². The van der Waals surface area contributed by atoms with Crippen molar-refractivity contribution < 1.29 is 14.2 Å². The van der Waals surface area contributed by atoms with Crippen molar-refractivity contribution >= 4 is 11.6 Å². The van der Waals surface area contributed by atoms with Crippen molar-refractivity contribution in [3.05, 3.63) is 88.3 Å². The molecule has 0 aliphatic heterocycles. The molecule has 0 spiro atoms. The van der Waals surface area contributed by atoms with Crippen molar-refractivity contribution in [2.24, 2.45) is 0 Å². The molecule has 0 saturated heterocycles. The van der Waals surface area contributed by atoms with Gasteiger partial charge in [-0.05, 0) is 13.0 Å². The zero-order valence-electron chi connectivity index (χ0n) is 15.2. The van der Waals surface area contributed by atoms with Gasteiger partial charge >= 0.3 is 0 Å². The van der Waals surface area contributed by atoms with Crippen LogP contribution in [0.4, 0.5) is 5.69 Å². The first-order valence-electron chi connectivity index (χ1n) is 8.53. The van der Waals surface area contributed by atoms with E-state index in [9.17, 15) is 14.9 Å². The number of nitro groups is 1. The average molecular weight is 378 g/mol. The summed E-state index contributed by atoms with van der Waals surface area (Å²) in [5, 5.41) is 15.1. The van der Waals surface area contributed by atoms with Gasteiger partial charge in [-0.15, -0.1) is 6.58 Å². The number of carbonyl (C=O) groups is 1. The fourth-order valence-electron chi connectivity index (χ4n) is 2.68. The molecule has 0 radical (unpaired) electrons. The second kappa shape index (κ2) is 8.26. The quantitative estimate of drug-likeness (QED) is 0.352. The molecule has 2 aromatic carbocycles. The number of amides is 1. The topological polar surface area (TPSA) is 102 Å². The third kappa shape index (κ3) is 4.12. The Kier molecular flexibility index (Phi) is 5.59. The molecule has 3 rings (SSSR count). The molecule has 0 fully saturated rings. The molecule has 0 bridgehead atoms. The molecule has 0 N–H and O–H groups in total. The summed E-state index contributed by atoms with van der Waals surface area (Å²) >= 11 is 0. The van der Waals surface area contributed by atoms with Gasteiger partial charge in [0.05, 0.1) is 4.92 Å². The third-order valence-corrected chi connectivity index (χ3v) is 4.12. The summed E-state index contributed by atoms with van der Waals surface area (Å²) in [5.41, 5.74) is 1.39. The van der Waals surface area contributed by atoms with E-state index >= 15 is 0 Å². The predicted octanol–water partition coefficient (Wildman–Crippen LogP) is 3.78. The van der Waals surface area contributed by atoms with E-state index in [1.807, 2.05) is 30.3 Å². The molecule has 0 unspecified atom stereocenters. The van der Waals surface area contributed by atoms with Crippen molar-refractivity contribution in [1.29, 1.82) is 0 Å². The standard InChI is InChI=1S/C20H18N4O4/c1-3-11-23(20(25)16-10-9-14(2)17(12-16)24(26)27)13-18-21-19(22-28-18)15-7-5-4-6-8-15/h3-10,12H,1,11,13H2,2H3. The van der Waals surface area contributed by atoms with Crippen LogP contribution in [0.3, 0.4) is 0 Å². The molecule has 1 amide bonds. The number of benzene rings is 2. The van der Waals surface area contributed by atoms with Crippen LogP contribution in [0.15, 0.2) is 65.7 Å². The van der Waals surface area contributed by atoms with Crippen LogP contribution in [-0.4, -0.2) is 32.4 Å². The Morgan fingerprint density at radius 1 is 1.29 bits per heavy atom. The van der Waals surface area contributed by atoms with Crippen LogP contribution >= 0.6 is 0 Å². The smallest absolute Gasteiger partial charge is 0.273 e. The van der Waals surface area contributed by atoms with Crippen LogP contribution in [0.2, 0.25) is 0 Å². The van der Waals surface area contributed by atoms with Crippen molar-refractivity contribution in [3.63, 3.8) is 0 Å². The Hall–Kier alpha value is -3.81. The Bertz CT molecular complexity index is 1010. The van der Waals surface area contributed by atoms with Crippen LogP contribution in [0.5, 0.6) is 0 Å². The molecule has 0 aliphatic rings. The summed E-state index contributed by atoms with van der Waals surface area (Å²) in [6, 6.07) is 13.7. The molecule has 1 heterocycles. The van der Waals surface area contributed by atoms with Gasteiger partial charge in [0, 0.05) is 29.3 Å². The SMILES string of the molecule is C=CCN(Cc1nc(-c2ccccc2)no1)C(=O)c1ccc(C)c([N+](=O)[O-])c1. The lowest BCUT2D eigenvalue weighted by Gasteiger charge is -2.19. The van der Waals surface area contributed by atoms with Crippen LogP contribution in [0.25, 0.3) is 11.4 Å². The van der Waals surface area contributed by atoms with Gasteiger partial charge in [-0.3, -0.25) is 14.9 Å². The molecule has 0 aliphatic carbocycles. The van der Waals surface area contributed by atoms with E-state index in [4.69, 9.17) is 4.52 Å². The molecular weight excluding hydrogens is 360 g/mol. The van der Waals surface area contributed by atoms with E-state index in [0.29, 0.717) is 11.4 Å². The van der Waals surface area contributed by atoms with Crippen LogP contribution in [0.1, 0.15) is 21.8 Å². The number of rotatable bonds is 7. The molecule has 1 aromatic heterocycles. The first-order valence-corrected chi connectivity index (χ1v) is 8.53. The van der Waals surface area contributed by atoms with Gasteiger partial charge in [0.15, 0.2) is 0 Å². The van der Waals surface area contributed by atoms with Crippen molar-refractivity contribution in [2.45, 2.75) is 13.5 Å². The van der Waals surface area contributed by atoms with Gasteiger partial charge in [0.25, 0.3) is 11.6 Å². The maximum Gasteiger partial charge on any atom is 0.273 e. The van der Waals surface area contributed by atoms with E-state index in [-0.39, 0.29) is 36.1 Å². The van der Waals surface area contributed by atoms with Gasteiger partial charge in [0.2, 0.25) is 11.7 Å². The maximum absolute atomic E-state index is 12.9. The molecule has 0 atom stereocenters. The summed E-state index contributed by atoms with van der Waals surface area (Å²) in [7, 11) is 0. The van der Waals surface area contributed by atoms with Gasteiger partial charge in [-0.25, -0.2) is 0 Å². The number of hydrogen-bond donors (Lipinski definition) is 0. The highest BCUT2D eigenvalue weighted by Gasteiger charge is 2.21. The highest BCUT2D eigenvalue weighted by Crippen LogP contribution is 2.21. The highest BCUT2D eigenvalue weighted by molar-refractivity contribution is 5.95. The van der Waals surface area contributed by atoms with Crippen LogP contribution in [0, 0.1) is 17.0 Å². The molecule has 8 heteroatoms. The van der Waals surface area contributed by atoms with Gasteiger partial charge in [-0.1, -0.05) is 47.6 Å². The minimum atomic E-state index is -0.506. The number of aromatic nitrogens is 2. The minimum Gasteiger partial charge on any atom is -0.337 e. The van der Waals surface area contributed by atoms with Crippen LogP contribution in [-0.2, 0) is 6.54 Å². The van der Waals surface area contributed by atoms with Gasteiger partial charge < -0.3 is 9.42 Å². The Morgan fingerprint density at radius 2 is 2.04 bits per heavy atom. The number of hydrogen-bond acceptors (Lipinski definition) is 6. The Balaban J connectivity index is 1.83. The van der Waals surface area contributed by atoms with Gasteiger partial charge in [-0.2, -0.15) is 4.98 Å². The van der Waals surface area contributed by atoms with Crippen molar-refractivity contribution in [1.82, 2.24) is 15.0 Å². The number of nitrogens with zero attached hydrogens (tertiary/aromatic N) is 4. The summed E-state index contributed by atoms with van der Waals surface area (Å²) in [5.74, 6) is 0.297. The summed E-state index contributed by atoms with van der Waals surface area (Å²) < 4.78 is 5.27. The predicted molar refractivity (Wildman–Crippen MR) is 103 cm³/mol. The molecule has 8 nitrogen and oxygen atoms in total. The van der Waals surface area contributed by atoms with Crippen LogP contribution < -0.4 is 0 Å². The minimum absolute atomic E-state index is 0.0619. The summed E-state index contributed by atoms with van der Waals surface area (Å²) in [6.07, 6.45) is 1.56. The van der Waals surface area contributed by atoms with E-state index in [1.54, 1.807) is 25.1 Å². The largest absolute Gasteiger partial charge is 0.337 e. The second-order valence-electron chi connectivity index (χ2n) is 6.11. The highest BCUT2D eigenvalue weighted by atomic mass is 16.6. The van der Waals surface area contributed by atoms with Crippen molar-refractivity contribution in [2.75, 3.05) is 6.54 Å². The zero-order chi connectivity index (χ0) is 20.1. The fourth-order valence-corrected chi connectivity index (χ4v) is 2.68. The first-order chi connectivity index (χ1) is 13.5. The lowest BCUT2D eigenvalue weighted by Crippen LogP contribution is -2.31. The van der Waals surface area contributed by atoms with E-state index in [2.05, 4.69) is 16.7 Å². The molecule has 3 aromatic rings.